The van der Waals surface area contributed by atoms with Crippen molar-refractivity contribution in [3.8, 4) is 0 Å². The van der Waals surface area contributed by atoms with Crippen LogP contribution in [-0.2, 0) is 4.74 Å². The summed E-state index contributed by atoms with van der Waals surface area (Å²) in [7, 11) is -1.29. The number of rotatable bonds is 3. The molecule has 1 saturated heterocycles. The van der Waals surface area contributed by atoms with E-state index in [1.165, 1.54) is 0 Å². The van der Waals surface area contributed by atoms with E-state index in [1.54, 1.807) is 0 Å². The average molecular weight is 396 g/mol. The summed E-state index contributed by atoms with van der Waals surface area (Å²) in [4.78, 5) is 4.88. The lowest BCUT2D eigenvalue weighted by molar-refractivity contribution is 0.283. The first-order valence-electron chi connectivity index (χ1n) is 10.0. The van der Waals surface area contributed by atoms with Crippen molar-refractivity contribution < 1.29 is 13.1 Å². The Labute approximate surface area is 165 Å². The summed E-state index contributed by atoms with van der Waals surface area (Å²) < 4.78 is 21.2. The molecule has 1 fully saturated rings. The van der Waals surface area contributed by atoms with Gasteiger partial charge in [-0.2, -0.15) is 4.67 Å². The summed E-state index contributed by atoms with van der Waals surface area (Å²) in [5, 5.41) is 2.15. The molecule has 0 unspecified atom stereocenters. The Balaban J connectivity index is 1.63. The van der Waals surface area contributed by atoms with Crippen LogP contribution in [0.15, 0.2) is 61.9 Å². The maximum Gasteiger partial charge on any atom is 0.310 e. The van der Waals surface area contributed by atoms with Gasteiger partial charge in [0.2, 0.25) is 5.90 Å². The van der Waals surface area contributed by atoms with Crippen molar-refractivity contribution >= 4 is 36.0 Å². The van der Waals surface area contributed by atoms with Crippen molar-refractivity contribution in [3.05, 3.63) is 48.5 Å². The van der Waals surface area contributed by atoms with E-state index in [4.69, 9.17) is 18.1 Å². The highest BCUT2D eigenvalue weighted by Crippen LogP contribution is 2.41. The second-order valence-electron chi connectivity index (χ2n) is 7.82. The lowest BCUT2D eigenvalue weighted by Gasteiger charge is -2.20. The molecule has 0 N–H and O–H groups in total. The molecule has 3 aromatic rings. The molecule has 0 radical (unpaired) electrons. The van der Waals surface area contributed by atoms with Gasteiger partial charge in [-0.3, -0.25) is 0 Å². The number of hydrogen-bond donors (Lipinski definition) is 0. The van der Waals surface area contributed by atoms with Gasteiger partial charge in [0.05, 0.1) is 12.1 Å². The van der Waals surface area contributed by atoms with Crippen molar-refractivity contribution in [2.75, 3.05) is 17.8 Å². The fraction of sp³-hybridized carbons (Fsp3) is 0.409. The van der Waals surface area contributed by atoms with Crippen LogP contribution >= 0.6 is 8.16 Å². The molecular weight excluding hydrogens is 371 g/mol. The number of ether oxygens (including phenoxy) is 1. The van der Waals surface area contributed by atoms with Gasteiger partial charge in [0.1, 0.15) is 17.8 Å². The molecule has 6 heteroatoms. The molecule has 0 amide bonds. The van der Waals surface area contributed by atoms with E-state index in [0.29, 0.717) is 12.5 Å². The number of nitrogens with zero attached hydrogens (tertiary/aromatic N) is 2. The van der Waals surface area contributed by atoms with Gasteiger partial charge >= 0.3 is 8.16 Å². The van der Waals surface area contributed by atoms with Crippen molar-refractivity contribution in [1.82, 2.24) is 0 Å². The zero-order valence-corrected chi connectivity index (χ0v) is 17.1. The van der Waals surface area contributed by atoms with E-state index in [2.05, 4.69) is 30.7 Å². The number of hydrogen-bond acceptors (Lipinski definition) is 5. The Hall–Kier alpha value is -2.23. The van der Waals surface area contributed by atoms with Crippen molar-refractivity contribution in [2.24, 2.45) is 10.9 Å². The molecule has 0 saturated carbocycles. The van der Waals surface area contributed by atoms with Crippen LogP contribution in [0.1, 0.15) is 26.7 Å². The van der Waals surface area contributed by atoms with Gasteiger partial charge in [-0.1, -0.05) is 50.2 Å². The molecule has 0 aliphatic carbocycles. The summed E-state index contributed by atoms with van der Waals surface area (Å²) in [6.45, 7) is 6.00. The quantitative estimate of drug-likeness (QED) is 0.558. The second-order valence-corrected chi connectivity index (χ2v) is 9.18. The highest BCUT2D eigenvalue weighted by atomic mass is 31.1. The number of para-hydroxylation sites is 2. The summed E-state index contributed by atoms with van der Waals surface area (Å²) >= 11 is 0. The molecule has 2 aromatic carbocycles. The van der Waals surface area contributed by atoms with Crippen molar-refractivity contribution in [2.45, 2.75) is 38.8 Å². The fourth-order valence-electron chi connectivity index (χ4n) is 3.96. The lowest BCUT2D eigenvalue weighted by Crippen LogP contribution is -2.34. The SMILES string of the molecule is CC(C)[C@H]1COC([C@@H]2CCCN2p2oc3ccccc3c3ccccc3o2)=N1. The molecule has 2 aliphatic rings. The van der Waals surface area contributed by atoms with E-state index in [1.807, 2.05) is 36.4 Å². The lowest BCUT2D eigenvalue weighted by atomic mass is 10.1. The first-order chi connectivity index (χ1) is 13.7. The van der Waals surface area contributed by atoms with Crippen LogP contribution in [0.2, 0.25) is 0 Å². The Morgan fingerprint density at radius 3 is 2.25 bits per heavy atom. The Kier molecular flexibility index (Phi) is 4.65. The molecule has 2 aliphatic heterocycles. The van der Waals surface area contributed by atoms with Gasteiger partial charge < -0.3 is 13.1 Å². The highest BCUT2D eigenvalue weighted by Gasteiger charge is 2.37. The Morgan fingerprint density at radius 1 is 1.00 bits per heavy atom. The first kappa shape index (κ1) is 17.8. The molecule has 2 atom stereocenters. The second kappa shape index (κ2) is 7.31. The van der Waals surface area contributed by atoms with Crippen LogP contribution in [0.4, 0.5) is 0 Å². The fourth-order valence-corrected chi connectivity index (χ4v) is 5.61. The third kappa shape index (κ3) is 3.13. The van der Waals surface area contributed by atoms with E-state index in [0.717, 1.165) is 47.2 Å². The molecule has 1 aromatic heterocycles. The van der Waals surface area contributed by atoms with Crippen LogP contribution in [0.25, 0.3) is 21.9 Å². The van der Waals surface area contributed by atoms with Gasteiger partial charge in [-0.15, -0.1) is 0 Å². The van der Waals surface area contributed by atoms with Crippen LogP contribution in [-0.4, -0.2) is 31.1 Å². The van der Waals surface area contributed by atoms with Crippen LogP contribution < -0.4 is 4.67 Å². The largest absolute Gasteiger partial charge is 0.478 e. The molecule has 146 valence electrons. The molecule has 5 rings (SSSR count). The van der Waals surface area contributed by atoms with Crippen LogP contribution in [0.3, 0.4) is 0 Å². The first-order valence-corrected chi connectivity index (χ1v) is 11.2. The van der Waals surface area contributed by atoms with Gasteiger partial charge in [-0.25, -0.2) is 4.99 Å². The Bertz CT molecular complexity index is 1020. The molecule has 3 heterocycles. The maximum absolute atomic E-state index is 6.45. The zero-order valence-electron chi connectivity index (χ0n) is 16.2. The number of benzene rings is 2. The minimum Gasteiger partial charge on any atom is -0.478 e. The minimum absolute atomic E-state index is 0.132. The topological polar surface area (TPSA) is 51.1 Å². The van der Waals surface area contributed by atoms with E-state index in [9.17, 15) is 0 Å². The average Bonchev–Trinajstić information content (AvgIpc) is 3.34. The van der Waals surface area contributed by atoms with Gasteiger partial charge in [0.15, 0.2) is 0 Å². The normalized spacial score (nSPS) is 22.8. The summed E-state index contributed by atoms with van der Waals surface area (Å²) in [5.41, 5.74) is 1.75. The van der Waals surface area contributed by atoms with E-state index in [-0.39, 0.29) is 12.1 Å². The third-order valence-corrected chi connectivity index (χ3v) is 7.21. The molecule has 0 bridgehead atoms. The number of fused-ring (bicyclic) bond motifs is 3. The minimum atomic E-state index is -1.29. The monoisotopic (exact) mass is 396 g/mol. The highest BCUT2D eigenvalue weighted by molar-refractivity contribution is 7.39. The van der Waals surface area contributed by atoms with Crippen molar-refractivity contribution in [3.63, 3.8) is 0 Å². The number of aliphatic imine (C=N–C) groups is 1. The third-order valence-electron chi connectivity index (χ3n) is 5.60. The molecule has 28 heavy (non-hydrogen) atoms. The standard InChI is InChI=1S/C22H25N2O3P/c1-15(2)18-14-25-22(23-18)19-10-7-13-24(19)28-26-20-11-5-3-8-16(20)17-9-4-6-12-21(17)27-28/h3-6,8-9,11-12,15,18-19H,7,10,13-14H2,1-2H3/t18-,19+/m1/s1. The summed E-state index contributed by atoms with van der Waals surface area (Å²) in [6, 6.07) is 16.7. The van der Waals surface area contributed by atoms with Crippen molar-refractivity contribution in [1.29, 1.82) is 0 Å². The molecule has 0 spiro atoms. The van der Waals surface area contributed by atoms with E-state index >= 15 is 0 Å². The van der Waals surface area contributed by atoms with Gasteiger partial charge in [0.25, 0.3) is 0 Å². The van der Waals surface area contributed by atoms with E-state index < -0.39 is 8.16 Å². The van der Waals surface area contributed by atoms with Crippen LogP contribution in [0, 0.1) is 5.92 Å². The molecule has 5 nitrogen and oxygen atoms in total. The maximum atomic E-state index is 6.45. The predicted octanol–water partition coefficient (Wildman–Crippen LogP) is 5.84. The van der Waals surface area contributed by atoms with Gasteiger partial charge in [0, 0.05) is 17.3 Å². The zero-order chi connectivity index (χ0) is 19.1. The van der Waals surface area contributed by atoms with Crippen LogP contribution in [0.5, 0.6) is 0 Å². The molecular formula is C22H25N2O3P. The predicted molar refractivity (Wildman–Crippen MR) is 114 cm³/mol. The smallest absolute Gasteiger partial charge is 0.310 e. The summed E-state index contributed by atoms with van der Waals surface area (Å²) in [5.74, 6) is 1.35. The van der Waals surface area contributed by atoms with Gasteiger partial charge in [-0.05, 0) is 30.9 Å². The summed E-state index contributed by atoms with van der Waals surface area (Å²) in [6.07, 6.45) is 2.12. The Morgan fingerprint density at radius 2 is 1.64 bits per heavy atom.